The minimum absolute atomic E-state index is 0.0706. The maximum Gasteiger partial charge on any atom is 0.252 e. The van der Waals surface area contributed by atoms with E-state index in [4.69, 9.17) is 0 Å². The quantitative estimate of drug-likeness (QED) is 0.113. The number of benzene rings is 15. The molecule has 0 atom stereocenters. The van der Waals surface area contributed by atoms with Gasteiger partial charge in [0.25, 0.3) is 6.71 Å². The predicted molar refractivity (Wildman–Crippen MR) is 470 cm³/mol. The molecule has 530 valence electrons. The van der Waals surface area contributed by atoms with Crippen LogP contribution in [0.1, 0.15) is 105 Å². The van der Waals surface area contributed by atoms with Crippen LogP contribution in [-0.2, 0) is 21.7 Å². The lowest BCUT2D eigenvalue weighted by Gasteiger charge is -2.45. The Morgan fingerprint density at radius 3 is 0.725 bits per heavy atom. The van der Waals surface area contributed by atoms with Crippen LogP contribution in [0.15, 0.2) is 346 Å². The van der Waals surface area contributed by atoms with Gasteiger partial charge in [0.1, 0.15) is 0 Å². The zero-order valence-corrected chi connectivity index (χ0v) is 64.9. The first kappa shape index (κ1) is 70.0. The summed E-state index contributed by atoms with van der Waals surface area (Å²) in [6, 6.07) is 131. The van der Waals surface area contributed by atoms with Crippen LogP contribution in [0.4, 0.5) is 34.1 Å². The monoisotopic (exact) mass is 1400 g/mol. The van der Waals surface area contributed by atoms with Gasteiger partial charge in [0.15, 0.2) is 0 Å². The third kappa shape index (κ3) is 13.3. The molecule has 2 nitrogen and oxygen atoms in total. The second-order valence-corrected chi connectivity index (χ2v) is 34.1. The van der Waals surface area contributed by atoms with Crippen LogP contribution in [0.2, 0.25) is 0 Å². The van der Waals surface area contributed by atoms with Crippen molar-refractivity contribution in [2.45, 2.75) is 105 Å². The molecule has 2 aliphatic rings. The highest BCUT2D eigenvalue weighted by Crippen LogP contribution is 2.52. The van der Waals surface area contributed by atoms with Gasteiger partial charge >= 0.3 is 0 Å². The van der Waals surface area contributed by atoms with Crippen LogP contribution < -0.4 is 26.2 Å². The van der Waals surface area contributed by atoms with Crippen molar-refractivity contribution in [3.05, 3.63) is 368 Å². The lowest BCUT2D eigenvalue weighted by molar-refractivity contribution is 0.568. The average molecular weight is 1410 g/mol. The van der Waals surface area contributed by atoms with Crippen LogP contribution in [0.25, 0.3) is 111 Å². The van der Waals surface area contributed by atoms with Gasteiger partial charge in [0, 0.05) is 33.9 Å². The summed E-state index contributed by atoms with van der Waals surface area (Å²) in [5, 5.41) is 0. The highest BCUT2D eigenvalue weighted by atomic mass is 15.2. The third-order valence-corrected chi connectivity index (χ3v) is 22.6. The molecule has 2 heterocycles. The first-order valence-electron chi connectivity index (χ1n) is 38.8. The van der Waals surface area contributed by atoms with Gasteiger partial charge in [-0.2, -0.15) is 0 Å². The maximum absolute atomic E-state index is 2.62. The van der Waals surface area contributed by atoms with E-state index in [2.05, 4.69) is 439 Å². The molecule has 0 bridgehead atoms. The number of anilines is 6. The van der Waals surface area contributed by atoms with Crippen LogP contribution in [0, 0.1) is 0 Å². The zero-order valence-electron chi connectivity index (χ0n) is 64.9. The normalized spacial score (nSPS) is 12.7. The molecule has 0 aromatic heterocycles. The van der Waals surface area contributed by atoms with Crippen molar-refractivity contribution in [3.63, 3.8) is 0 Å². The lowest BCUT2D eigenvalue weighted by Crippen LogP contribution is -2.61. The molecule has 0 N–H and O–H groups in total. The van der Waals surface area contributed by atoms with Crippen molar-refractivity contribution in [2.75, 3.05) is 9.80 Å². The number of hydrogen-bond donors (Lipinski definition) is 0. The van der Waals surface area contributed by atoms with Gasteiger partial charge in [-0.05, 0) is 233 Å². The SMILES string of the molecule is CC(C)(C)c1cc(-c2ccccc2-c2ccc3c(c2)B2c4cc(-c5ccccc5-c5cc(C(C)(C)C)cc(C(C)(C)C)c5)ccc4N(c4ccccc4-c4cc(-c5ccccc5)cc(-c5ccccc5)c4)c4cccc(c42)N3c2ccccc2-c2cc(-c3ccccc3)cc(-c3ccccc3)c2)cc(C(C)(C)C)c1. The summed E-state index contributed by atoms with van der Waals surface area (Å²) in [5.41, 5.74) is 39.0. The summed E-state index contributed by atoms with van der Waals surface area (Å²) < 4.78 is 0. The van der Waals surface area contributed by atoms with Gasteiger partial charge in [0.05, 0.1) is 11.4 Å². The minimum Gasteiger partial charge on any atom is -0.311 e. The van der Waals surface area contributed by atoms with Crippen molar-refractivity contribution in [1.29, 1.82) is 0 Å². The second kappa shape index (κ2) is 27.6. The molecule has 2 aliphatic heterocycles. The number of fused-ring (bicyclic) bond motifs is 4. The van der Waals surface area contributed by atoms with Crippen molar-refractivity contribution >= 4 is 57.2 Å². The van der Waals surface area contributed by atoms with Crippen LogP contribution in [-0.4, -0.2) is 6.71 Å². The Hall–Kier alpha value is -12.0. The molecule has 0 aliphatic carbocycles. The maximum atomic E-state index is 2.62. The molecule has 15 aromatic rings. The summed E-state index contributed by atoms with van der Waals surface area (Å²) in [7, 11) is 0. The lowest BCUT2D eigenvalue weighted by atomic mass is 9.33. The van der Waals surface area contributed by atoms with Crippen LogP contribution in [0.5, 0.6) is 0 Å². The molecule has 0 radical (unpaired) electrons. The summed E-state index contributed by atoms with van der Waals surface area (Å²) in [6.07, 6.45) is 0. The summed E-state index contributed by atoms with van der Waals surface area (Å²) in [4.78, 5) is 5.24. The highest BCUT2D eigenvalue weighted by molar-refractivity contribution is 7.00. The van der Waals surface area contributed by atoms with E-state index in [1.807, 2.05) is 0 Å². The standard InChI is InChI=1S/C106H93BN2/c1-103(2,3)84-62-82(63-85(68-84)104(4,5)6)90-44-27-25-42-88(90)74-52-54-98-94(66-74)107-95-67-75(89-43-26-28-45-91(89)83-64-86(105(7,8)9)69-87(65-83)106(10,11)12)53-55-99(95)109(97-49-32-30-47-93(97)81-60-78(72-38-21-15-22-39-72)57-79(61-81)73-40-23-16-24-41-73)101-51-33-50-100(102(101)107)108(98)96-48-31-29-46-92(96)80-58-76(70-34-17-13-18-35-70)56-77(59-80)71-36-19-14-20-37-71/h13-69H,1-12H3. The molecule has 3 heteroatoms. The Kier molecular flexibility index (Phi) is 17.7. The molecule has 0 amide bonds. The first-order chi connectivity index (χ1) is 52.6. The molecule has 0 unspecified atom stereocenters. The van der Waals surface area contributed by atoms with Crippen LogP contribution >= 0.6 is 0 Å². The average Bonchev–Trinajstić information content (AvgIpc) is 0.693. The fraction of sp³-hybridized carbons (Fsp3) is 0.151. The Bertz CT molecular complexity index is 5420. The third-order valence-electron chi connectivity index (χ3n) is 22.6. The fourth-order valence-electron chi connectivity index (χ4n) is 16.6. The topological polar surface area (TPSA) is 6.48 Å². The van der Waals surface area contributed by atoms with E-state index in [1.165, 1.54) is 128 Å². The van der Waals surface area contributed by atoms with Crippen molar-refractivity contribution < 1.29 is 0 Å². The van der Waals surface area contributed by atoms with E-state index in [0.717, 1.165) is 56.4 Å². The first-order valence-corrected chi connectivity index (χ1v) is 38.8. The molecule has 0 fully saturated rings. The van der Waals surface area contributed by atoms with Crippen molar-refractivity contribution in [2.24, 2.45) is 0 Å². The number of hydrogen-bond acceptors (Lipinski definition) is 2. The molecular weight excluding hydrogens is 1310 g/mol. The van der Waals surface area contributed by atoms with Crippen molar-refractivity contribution in [1.82, 2.24) is 0 Å². The smallest absolute Gasteiger partial charge is 0.252 e. The zero-order chi connectivity index (χ0) is 75.1. The molecule has 17 rings (SSSR count). The largest absolute Gasteiger partial charge is 0.311 e. The predicted octanol–water partition coefficient (Wildman–Crippen LogP) is 27.6. The molecule has 0 saturated carbocycles. The molecule has 0 saturated heterocycles. The van der Waals surface area contributed by atoms with Crippen LogP contribution in [0.3, 0.4) is 0 Å². The fourth-order valence-corrected chi connectivity index (χ4v) is 16.6. The Morgan fingerprint density at radius 2 is 0.422 bits per heavy atom. The van der Waals surface area contributed by atoms with Gasteiger partial charge in [0.2, 0.25) is 0 Å². The highest BCUT2D eigenvalue weighted by Gasteiger charge is 2.45. The Morgan fingerprint density at radius 1 is 0.174 bits per heavy atom. The van der Waals surface area contributed by atoms with Gasteiger partial charge < -0.3 is 9.80 Å². The number of nitrogens with zero attached hydrogens (tertiary/aromatic N) is 2. The Balaban J connectivity index is 0.958. The van der Waals surface area contributed by atoms with Crippen molar-refractivity contribution in [3.8, 4) is 111 Å². The van der Waals surface area contributed by atoms with E-state index in [0.29, 0.717) is 0 Å². The van der Waals surface area contributed by atoms with Gasteiger partial charge in [-0.15, -0.1) is 0 Å². The summed E-state index contributed by atoms with van der Waals surface area (Å²) >= 11 is 0. The number of rotatable bonds is 12. The van der Waals surface area contributed by atoms with E-state index in [9.17, 15) is 0 Å². The molecule has 109 heavy (non-hydrogen) atoms. The van der Waals surface area contributed by atoms with Gasteiger partial charge in [-0.25, -0.2) is 0 Å². The summed E-state index contributed by atoms with van der Waals surface area (Å²) in [5.74, 6) is 0. The van der Waals surface area contributed by atoms with E-state index >= 15 is 0 Å². The van der Waals surface area contributed by atoms with E-state index in [1.54, 1.807) is 0 Å². The molecule has 0 spiro atoms. The molecule has 15 aromatic carbocycles. The Labute approximate surface area is 646 Å². The minimum atomic E-state index is -0.243. The van der Waals surface area contributed by atoms with E-state index < -0.39 is 0 Å². The van der Waals surface area contributed by atoms with Gasteiger partial charge in [-0.1, -0.05) is 356 Å². The van der Waals surface area contributed by atoms with Gasteiger partial charge in [-0.3, -0.25) is 0 Å². The molecular formula is C106H93BN2. The summed E-state index contributed by atoms with van der Waals surface area (Å²) in [6.45, 7) is 27.9. The number of para-hydroxylation sites is 2. The van der Waals surface area contributed by atoms with E-state index in [-0.39, 0.29) is 28.4 Å². The second-order valence-electron chi connectivity index (χ2n) is 34.1.